The van der Waals surface area contributed by atoms with Gasteiger partial charge in [0.2, 0.25) is 0 Å². The average Bonchev–Trinajstić information content (AvgIpc) is 3.37. The van der Waals surface area contributed by atoms with Gasteiger partial charge in [0.25, 0.3) is 0 Å². The molecule has 0 spiro atoms. The van der Waals surface area contributed by atoms with E-state index in [-0.39, 0.29) is 20.0 Å². The van der Waals surface area contributed by atoms with Gasteiger partial charge in [-0.05, 0) is 43.0 Å². The molecule has 0 N–H and O–H groups in total. The monoisotopic (exact) mass is 563 g/mol. The molecular weight excluding hydrogens is 546 g/mol. The van der Waals surface area contributed by atoms with Crippen molar-refractivity contribution in [1.29, 1.82) is 0 Å². The van der Waals surface area contributed by atoms with Crippen LogP contribution in [0.1, 0.15) is 36.9 Å². The summed E-state index contributed by atoms with van der Waals surface area (Å²) >= 11 is 12.4. The minimum Gasteiger partial charge on any atom is -0.299 e. The fraction of sp³-hybridized carbons (Fsp3) is 0.318. The zero-order valence-corrected chi connectivity index (χ0v) is 21.1. The number of carbonyl (C=O) groups is 1. The van der Waals surface area contributed by atoms with Crippen LogP contribution in [-0.2, 0) is 27.4 Å². The van der Waals surface area contributed by atoms with Gasteiger partial charge in [0.15, 0.2) is 9.84 Å². The highest BCUT2D eigenvalue weighted by Gasteiger charge is 2.30. The molecular formula is C22H18Cl2F3N3O3S2. The summed E-state index contributed by atoms with van der Waals surface area (Å²) in [5, 5.41) is 8.42. The van der Waals surface area contributed by atoms with Crippen molar-refractivity contribution >= 4 is 55.7 Å². The van der Waals surface area contributed by atoms with Crippen molar-refractivity contribution in [3.8, 4) is 11.3 Å². The number of halogens is 5. The molecule has 0 atom stereocenters. The second kappa shape index (κ2) is 10.0. The number of sulfone groups is 1. The minimum absolute atomic E-state index is 0.00669. The van der Waals surface area contributed by atoms with Gasteiger partial charge in [-0.2, -0.15) is 13.2 Å². The molecule has 0 aliphatic carbocycles. The number of carbonyl (C=O) groups excluding carboxylic acids is 1. The van der Waals surface area contributed by atoms with Crippen molar-refractivity contribution in [2.45, 2.75) is 42.6 Å². The third kappa shape index (κ3) is 5.79. The Labute approximate surface area is 213 Å². The highest BCUT2D eigenvalue weighted by atomic mass is 35.5. The van der Waals surface area contributed by atoms with E-state index in [1.807, 2.05) is 6.08 Å². The van der Waals surface area contributed by atoms with Crippen LogP contribution in [0.5, 0.6) is 0 Å². The largest absolute Gasteiger partial charge is 0.416 e. The number of ketones is 1. The first-order valence-corrected chi connectivity index (χ1v) is 13.7. The van der Waals surface area contributed by atoms with Gasteiger partial charge in [-0.15, -0.1) is 16.4 Å². The molecule has 3 aromatic rings. The molecule has 0 fully saturated rings. The summed E-state index contributed by atoms with van der Waals surface area (Å²) < 4.78 is 65.4. The molecule has 3 heterocycles. The predicted octanol–water partition coefficient (Wildman–Crippen LogP) is 6.33. The Morgan fingerprint density at radius 3 is 2.54 bits per heavy atom. The molecule has 1 aliphatic rings. The van der Waals surface area contributed by atoms with Crippen LogP contribution < -0.4 is 0 Å². The molecule has 0 saturated carbocycles. The maximum Gasteiger partial charge on any atom is 0.416 e. The van der Waals surface area contributed by atoms with Crippen LogP contribution in [0.3, 0.4) is 0 Å². The third-order valence-corrected chi connectivity index (χ3v) is 9.54. The highest BCUT2D eigenvalue weighted by Crippen LogP contribution is 2.36. The number of allylic oxidation sites excluding steroid dienone is 2. The summed E-state index contributed by atoms with van der Waals surface area (Å²) in [6.45, 7) is 0.614. The number of thiophene rings is 1. The number of alkyl halides is 3. The quantitative estimate of drug-likeness (QED) is 0.335. The van der Waals surface area contributed by atoms with Gasteiger partial charge >= 0.3 is 6.18 Å². The van der Waals surface area contributed by atoms with E-state index in [4.69, 9.17) is 23.2 Å². The van der Waals surface area contributed by atoms with Crippen LogP contribution in [-0.4, -0.2) is 34.9 Å². The number of fused-ring (bicyclic) bond motifs is 1. The molecule has 0 unspecified atom stereocenters. The van der Waals surface area contributed by atoms with Gasteiger partial charge in [-0.3, -0.25) is 4.79 Å². The molecule has 2 aromatic heterocycles. The first-order valence-electron chi connectivity index (χ1n) is 10.5. The smallest absolute Gasteiger partial charge is 0.299 e. The highest BCUT2D eigenvalue weighted by molar-refractivity contribution is 7.94. The van der Waals surface area contributed by atoms with Crippen molar-refractivity contribution < 1.29 is 26.4 Å². The maximum atomic E-state index is 12.9. The van der Waals surface area contributed by atoms with E-state index in [2.05, 4.69) is 10.3 Å². The first kappa shape index (κ1) is 25.9. The van der Waals surface area contributed by atoms with E-state index < -0.39 is 33.1 Å². The number of hydrogen-bond acceptors (Lipinski definition) is 6. The van der Waals surface area contributed by atoms with Crippen LogP contribution >= 0.6 is 34.5 Å². The van der Waals surface area contributed by atoms with Gasteiger partial charge in [-0.1, -0.05) is 46.6 Å². The fourth-order valence-electron chi connectivity index (χ4n) is 3.78. The summed E-state index contributed by atoms with van der Waals surface area (Å²) in [6, 6.07) is 5.95. The normalized spacial score (nSPS) is 15.4. The zero-order chi connectivity index (χ0) is 25.4. The van der Waals surface area contributed by atoms with E-state index in [1.165, 1.54) is 18.2 Å². The molecule has 1 aromatic carbocycles. The lowest BCUT2D eigenvalue weighted by molar-refractivity contribution is -0.137. The van der Waals surface area contributed by atoms with Crippen molar-refractivity contribution in [1.82, 2.24) is 15.0 Å². The van der Waals surface area contributed by atoms with Crippen LogP contribution in [0, 0.1) is 0 Å². The summed E-state index contributed by atoms with van der Waals surface area (Å²) in [5.74, 6) is -1.10. The van der Waals surface area contributed by atoms with Crippen molar-refractivity contribution in [2.24, 2.45) is 0 Å². The molecule has 4 rings (SSSR count). The lowest BCUT2D eigenvalue weighted by Crippen LogP contribution is -2.15. The zero-order valence-electron chi connectivity index (χ0n) is 18.0. The summed E-state index contributed by atoms with van der Waals surface area (Å²) in [4.78, 5) is 12.4. The Morgan fingerprint density at radius 1 is 1.20 bits per heavy atom. The Morgan fingerprint density at radius 2 is 1.91 bits per heavy atom. The number of hydrogen-bond donors (Lipinski definition) is 0. The third-order valence-electron chi connectivity index (χ3n) is 5.43. The molecule has 0 amide bonds. The molecule has 186 valence electrons. The molecule has 13 heteroatoms. The van der Waals surface area contributed by atoms with E-state index >= 15 is 0 Å². The van der Waals surface area contributed by atoms with E-state index in [0.29, 0.717) is 36.3 Å². The van der Waals surface area contributed by atoms with E-state index in [9.17, 15) is 26.4 Å². The molecule has 0 bridgehead atoms. The number of rotatable bonds is 7. The van der Waals surface area contributed by atoms with Gasteiger partial charge in [-0.25, -0.2) is 13.1 Å². The van der Waals surface area contributed by atoms with Crippen molar-refractivity contribution in [3.05, 3.63) is 57.0 Å². The molecule has 35 heavy (non-hydrogen) atoms. The Hall–Kier alpha value is -2.21. The molecule has 1 aliphatic heterocycles. The van der Waals surface area contributed by atoms with E-state index in [0.717, 1.165) is 35.5 Å². The number of benzene rings is 1. The number of aromatic nitrogens is 3. The second-order valence-electron chi connectivity index (χ2n) is 7.94. The standard InChI is InChI=1S/C22H18Cl2F3N3O3S2/c23-17-11-18(34-21(17)24)35(32,33)12-16(31)5-1-3-14-4-2-10-30-20(14)19(28-29-30)13-6-8-15(9-7-13)22(25,26)27/h3,6-9,11H,1-2,4-5,10,12H2/b14-3+. The van der Waals surface area contributed by atoms with Crippen LogP contribution in [0.2, 0.25) is 9.36 Å². The fourth-order valence-corrected chi connectivity index (χ4v) is 7.03. The number of aryl methyl sites for hydroxylation is 1. The number of nitrogens with zero attached hydrogens (tertiary/aromatic N) is 3. The predicted molar refractivity (Wildman–Crippen MR) is 128 cm³/mol. The lowest BCUT2D eigenvalue weighted by Gasteiger charge is -2.17. The Kier molecular flexibility index (Phi) is 7.42. The van der Waals surface area contributed by atoms with Crippen molar-refractivity contribution in [3.63, 3.8) is 0 Å². The second-order valence-corrected chi connectivity index (χ2v) is 12.2. The van der Waals surface area contributed by atoms with Crippen LogP contribution in [0.4, 0.5) is 13.2 Å². The number of Topliss-reactive ketones (excluding diaryl/α,β-unsaturated/α-hetero) is 1. The van der Waals surface area contributed by atoms with Crippen LogP contribution in [0.25, 0.3) is 16.8 Å². The molecule has 6 nitrogen and oxygen atoms in total. The van der Waals surface area contributed by atoms with Gasteiger partial charge in [0.05, 0.1) is 16.3 Å². The summed E-state index contributed by atoms with van der Waals surface area (Å²) in [7, 11) is -3.84. The molecule has 0 radical (unpaired) electrons. The lowest BCUT2D eigenvalue weighted by atomic mass is 9.96. The Balaban J connectivity index is 1.48. The van der Waals surface area contributed by atoms with E-state index in [1.54, 1.807) is 4.68 Å². The first-order chi connectivity index (χ1) is 16.5. The van der Waals surface area contributed by atoms with Gasteiger partial charge in [0.1, 0.15) is 25.8 Å². The summed E-state index contributed by atoms with van der Waals surface area (Å²) in [5.41, 5.74) is 1.77. The maximum absolute atomic E-state index is 12.9. The minimum atomic E-state index is -4.43. The average molecular weight is 564 g/mol. The van der Waals surface area contributed by atoms with Gasteiger partial charge < -0.3 is 0 Å². The van der Waals surface area contributed by atoms with Crippen LogP contribution in [0.15, 0.2) is 40.6 Å². The SMILES string of the molecule is O=C(CC/C=C1\CCCn2nnc(-c3ccc(C(F)(F)F)cc3)c21)CS(=O)(=O)c1cc(Cl)c(Cl)s1. The molecule has 0 saturated heterocycles. The topological polar surface area (TPSA) is 81.9 Å². The van der Waals surface area contributed by atoms with Gasteiger partial charge in [0, 0.05) is 18.5 Å². The Bertz CT molecular complexity index is 1380. The summed E-state index contributed by atoms with van der Waals surface area (Å²) in [6.07, 6.45) is -0.820. The van der Waals surface area contributed by atoms with Crippen molar-refractivity contribution in [2.75, 3.05) is 5.75 Å².